The predicted molar refractivity (Wildman–Crippen MR) is 113 cm³/mol. The van der Waals surface area contributed by atoms with Crippen molar-refractivity contribution >= 4 is 27.9 Å². The molecule has 166 valence electrons. The summed E-state index contributed by atoms with van der Waals surface area (Å²) in [7, 11) is 1.55. The van der Waals surface area contributed by atoms with E-state index in [9.17, 15) is 27.9 Å². The summed E-state index contributed by atoms with van der Waals surface area (Å²) in [5.74, 6) is -0.841. The number of alkyl halides is 3. The van der Waals surface area contributed by atoms with Gasteiger partial charge in [0, 0.05) is 42.1 Å². The van der Waals surface area contributed by atoms with Crippen LogP contribution in [0.1, 0.15) is 39.4 Å². The molecule has 0 radical (unpaired) electrons. The van der Waals surface area contributed by atoms with Crippen molar-refractivity contribution in [2.75, 3.05) is 20.1 Å². The summed E-state index contributed by atoms with van der Waals surface area (Å²) in [6.07, 6.45) is -5.23. The molecule has 0 spiro atoms. The minimum absolute atomic E-state index is 0.0764. The topological polar surface area (TPSA) is 60.9 Å². The second-order valence-corrected chi connectivity index (χ2v) is 8.66. The number of carboxylic acid groups (broad SMARTS) is 1. The van der Waals surface area contributed by atoms with E-state index in [1.54, 1.807) is 7.05 Å². The summed E-state index contributed by atoms with van der Waals surface area (Å²) >= 11 is 3.06. The lowest BCUT2D eigenvalue weighted by molar-refractivity contribution is -0.137. The van der Waals surface area contributed by atoms with Gasteiger partial charge >= 0.3 is 12.3 Å². The minimum Gasteiger partial charge on any atom is -0.465 e. The molecular formula is C22H22BrF3N2O3. The van der Waals surface area contributed by atoms with Gasteiger partial charge in [-0.25, -0.2) is 4.79 Å². The number of halogens is 4. The van der Waals surface area contributed by atoms with Crippen LogP contribution in [0.15, 0.2) is 46.9 Å². The number of piperidine rings is 1. The van der Waals surface area contributed by atoms with Gasteiger partial charge in [-0.1, -0.05) is 45.8 Å². The first kappa shape index (κ1) is 23.1. The maximum Gasteiger partial charge on any atom is 0.416 e. The molecule has 0 saturated carbocycles. The largest absolute Gasteiger partial charge is 0.465 e. The molecule has 1 fully saturated rings. The van der Waals surface area contributed by atoms with Crippen LogP contribution in [0.4, 0.5) is 18.0 Å². The molecule has 3 rings (SSSR count). The number of nitrogens with zero attached hydrogens (tertiary/aromatic N) is 2. The van der Waals surface area contributed by atoms with Crippen molar-refractivity contribution < 1.29 is 27.9 Å². The molecule has 1 aliphatic rings. The van der Waals surface area contributed by atoms with Gasteiger partial charge in [0.15, 0.2) is 0 Å². The Hall–Kier alpha value is -2.55. The zero-order chi connectivity index (χ0) is 22.9. The lowest BCUT2D eigenvalue weighted by Gasteiger charge is -2.42. The number of aryl methyl sites for hydroxylation is 1. The average Bonchev–Trinajstić information content (AvgIpc) is 2.71. The van der Waals surface area contributed by atoms with E-state index in [0.29, 0.717) is 6.42 Å². The zero-order valence-electron chi connectivity index (χ0n) is 17.0. The quantitative estimate of drug-likeness (QED) is 0.617. The van der Waals surface area contributed by atoms with Gasteiger partial charge in [0.25, 0.3) is 5.91 Å². The molecule has 1 heterocycles. The fourth-order valence-electron chi connectivity index (χ4n) is 3.95. The molecule has 31 heavy (non-hydrogen) atoms. The Labute approximate surface area is 186 Å². The molecule has 0 aromatic heterocycles. The minimum atomic E-state index is -4.57. The van der Waals surface area contributed by atoms with E-state index in [2.05, 4.69) is 15.9 Å². The highest BCUT2D eigenvalue weighted by atomic mass is 79.9. The van der Waals surface area contributed by atoms with E-state index in [1.165, 1.54) is 15.9 Å². The highest BCUT2D eigenvalue weighted by Gasteiger charge is 2.37. The van der Waals surface area contributed by atoms with Crippen LogP contribution in [0, 0.1) is 6.92 Å². The molecule has 0 aliphatic carbocycles. The maximum absolute atomic E-state index is 13.2. The zero-order valence-corrected chi connectivity index (χ0v) is 18.6. The first-order valence-electron chi connectivity index (χ1n) is 9.66. The van der Waals surface area contributed by atoms with Crippen LogP contribution in [0.5, 0.6) is 0 Å². The van der Waals surface area contributed by atoms with Crippen LogP contribution >= 0.6 is 15.9 Å². The van der Waals surface area contributed by atoms with E-state index in [1.807, 2.05) is 31.2 Å². The first-order chi connectivity index (χ1) is 14.5. The molecule has 9 heteroatoms. The Kier molecular flexibility index (Phi) is 6.64. The standard InChI is InChI=1S/C22H22BrF3N2O3/c1-13-3-5-14(6-4-13)18-12-28(21(30)31)8-7-19(18)27(2)20(29)15-9-16(22(24,25)26)11-17(23)10-15/h3-6,9-11,18-19H,7-8,12H2,1-2H3,(H,30,31). The number of likely N-dealkylation sites (tertiary alicyclic amines) is 1. The lowest BCUT2D eigenvalue weighted by atomic mass is 9.84. The van der Waals surface area contributed by atoms with E-state index in [4.69, 9.17) is 0 Å². The predicted octanol–water partition coefficient (Wildman–Crippen LogP) is 5.38. The van der Waals surface area contributed by atoms with Gasteiger partial charge < -0.3 is 14.9 Å². The summed E-state index contributed by atoms with van der Waals surface area (Å²) in [6.45, 7) is 2.38. The van der Waals surface area contributed by atoms with Crippen LogP contribution in [0.3, 0.4) is 0 Å². The summed E-state index contributed by atoms with van der Waals surface area (Å²) in [5.41, 5.74) is 0.942. The van der Waals surface area contributed by atoms with Crippen molar-refractivity contribution in [2.45, 2.75) is 31.5 Å². The number of hydrogen-bond donors (Lipinski definition) is 1. The maximum atomic E-state index is 13.2. The molecule has 1 aliphatic heterocycles. The monoisotopic (exact) mass is 498 g/mol. The van der Waals surface area contributed by atoms with Gasteiger partial charge in [0.2, 0.25) is 0 Å². The van der Waals surface area contributed by atoms with Crippen molar-refractivity contribution in [2.24, 2.45) is 0 Å². The molecule has 2 aromatic carbocycles. The van der Waals surface area contributed by atoms with E-state index in [0.717, 1.165) is 23.3 Å². The van der Waals surface area contributed by atoms with Gasteiger partial charge in [-0.15, -0.1) is 0 Å². The summed E-state index contributed by atoms with van der Waals surface area (Å²) < 4.78 is 39.7. The number of carbonyl (C=O) groups excluding carboxylic acids is 1. The van der Waals surface area contributed by atoms with E-state index >= 15 is 0 Å². The second-order valence-electron chi connectivity index (χ2n) is 7.74. The van der Waals surface area contributed by atoms with Gasteiger partial charge in [0.1, 0.15) is 0 Å². The molecule has 2 aromatic rings. The van der Waals surface area contributed by atoms with Crippen molar-refractivity contribution in [3.8, 4) is 0 Å². The van der Waals surface area contributed by atoms with Gasteiger partial charge in [-0.3, -0.25) is 4.79 Å². The summed E-state index contributed by atoms with van der Waals surface area (Å²) in [5, 5.41) is 9.43. The molecule has 0 bridgehead atoms. The fourth-order valence-corrected chi connectivity index (χ4v) is 4.44. The highest BCUT2D eigenvalue weighted by molar-refractivity contribution is 9.10. The fraction of sp³-hybridized carbons (Fsp3) is 0.364. The molecule has 2 unspecified atom stereocenters. The molecular weight excluding hydrogens is 477 g/mol. The Morgan fingerprint density at radius 3 is 2.39 bits per heavy atom. The van der Waals surface area contributed by atoms with Crippen molar-refractivity contribution in [3.63, 3.8) is 0 Å². The first-order valence-corrected chi connectivity index (χ1v) is 10.5. The van der Waals surface area contributed by atoms with Crippen LogP contribution in [-0.2, 0) is 6.18 Å². The average molecular weight is 499 g/mol. The smallest absolute Gasteiger partial charge is 0.416 e. The van der Waals surface area contributed by atoms with Gasteiger partial charge in [-0.2, -0.15) is 13.2 Å². The molecule has 1 saturated heterocycles. The number of amides is 2. The number of carbonyl (C=O) groups is 2. The van der Waals surface area contributed by atoms with Crippen LogP contribution < -0.4 is 0 Å². The number of benzene rings is 2. The normalized spacial score (nSPS) is 19.2. The lowest BCUT2D eigenvalue weighted by Crippen LogP contribution is -2.51. The highest BCUT2D eigenvalue weighted by Crippen LogP contribution is 2.34. The summed E-state index contributed by atoms with van der Waals surface area (Å²) in [6, 6.07) is 10.4. The van der Waals surface area contributed by atoms with Crippen molar-refractivity contribution in [1.29, 1.82) is 0 Å². The van der Waals surface area contributed by atoms with Crippen LogP contribution in [-0.4, -0.2) is 53.1 Å². The number of hydrogen-bond acceptors (Lipinski definition) is 2. The number of likely N-dealkylation sites (N-methyl/N-ethyl adjacent to an activating group) is 1. The molecule has 2 amide bonds. The third kappa shape index (κ3) is 5.20. The third-order valence-electron chi connectivity index (χ3n) is 5.64. The van der Waals surface area contributed by atoms with E-state index < -0.39 is 23.7 Å². The SMILES string of the molecule is Cc1ccc(C2CN(C(=O)O)CCC2N(C)C(=O)c2cc(Br)cc(C(F)(F)F)c2)cc1. The second kappa shape index (κ2) is 8.90. The molecule has 1 N–H and O–H groups in total. The Bertz CT molecular complexity index is 979. The molecule has 5 nitrogen and oxygen atoms in total. The van der Waals surface area contributed by atoms with Gasteiger partial charge in [0.05, 0.1) is 5.56 Å². The summed E-state index contributed by atoms with van der Waals surface area (Å²) in [4.78, 5) is 27.4. The third-order valence-corrected chi connectivity index (χ3v) is 6.10. The van der Waals surface area contributed by atoms with Crippen LogP contribution in [0.25, 0.3) is 0 Å². The van der Waals surface area contributed by atoms with Crippen molar-refractivity contribution in [1.82, 2.24) is 9.80 Å². The van der Waals surface area contributed by atoms with Gasteiger partial charge in [-0.05, 0) is 37.1 Å². The Morgan fingerprint density at radius 2 is 1.81 bits per heavy atom. The Morgan fingerprint density at radius 1 is 1.16 bits per heavy atom. The Balaban J connectivity index is 1.93. The number of rotatable bonds is 3. The molecule has 2 atom stereocenters. The van der Waals surface area contributed by atoms with Crippen molar-refractivity contribution in [3.05, 3.63) is 69.2 Å². The van der Waals surface area contributed by atoms with Crippen LogP contribution in [0.2, 0.25) is 0 Å². The van der Waals surface area contributed by atoms with E-state index in [-0.39, 0.29) is 35.1 Å².